The van der Waals surface area contributed by atoms with E-state index in [9.17, 15) is 0 Å². The zero-order chi connectivity index (χ0) is 12.3. The number of hydrogen-bond acceptors (Lipinski definition) is 8. The molecule has 0 aliphatic rings. The monoisotopic (exact) mass is 255 g/mol. The third kappa shape index (κ3) is 2.65. The van der Waals surface area contributed by atoms with E-state index in [4.69, 9.17) is 15.0 Å². The lowest BCUT2D eigenvalue weighted by atomic mass is 10.3. The molecule has 2 heterocycles. The van der Waals surface area contributed by atoms with Gasteiger partial charge in [0.05, 0.1) is 18.3 Å². The maximum Gasteiger partial charge on any atom is 0.271 e. The molecule has 2 N–H and O–H groups in total. The van der Waals surface area contributed by atoms with Gasteiger partial charge >= 0.3 is 0 Å². The summed E-state index contributed by atoms with van der Waals surface area (Å²) in [4.78, 5) is 4.98. The molecule has 92 valence electrons. The molecule has 1 atom stereocenters. The van der Waals surface area contributed by atoms with E-state index in [-0.39, 0.29) is 6.04 Å². The smallest absolute Gasteiger partial charge is 0.271 e. The Balaban J connectivity index is 2.13. The highest BCUT2D eigenvalue weighted by Crippen LogP contribution is 2.24. The number of rotatable bonds is 5. The fourth-order valence-corrected chi connectivity index (χ4v) is 1.80. The second-order valence-corrected chi connectivity index (χ2v) is 4.17. The van der Waals surface area contributed by atoms with Crippen LogP contribution in [0.5, 0.6) is 0 Å². The van der Waals surface area contributed by atoms with Crippen molar-refractivity contribution in [2.24, 2.45) is 5.73 Å². The minimum Gasteiger partial charge on any atom is -0.380 e. The van der Waals surface area contributed by atoms with Crippen LogP contribution in [0.4, 0.5) is 0 Å². The van der Waals surface area contributed by atoms with Crippen LogP contribution >= 0.6 is 11.5 Å². The molecular formula is C9H13N5O2S. The molecule has 0 fully saturated rings. The van der Waals surface area contributed by atoms with Gasteiger partial charge in [-0.05, 0) is 25.4 Å². The fraction of sp³-hybridized carbons (Fsp3) is 0.556. The zero-order valence-electron chi connectivity index (χ0n) is 9.58. The molecule has 0 bridgehead atoms. The fourth-order valence-electron chi connectivity index (χ4n) is 1.22. The standard InChI is InChI=1S/C9H13N5O2S/c1-3-15-4-6(10)8-11-9(16-13-8)7-5(2)12-14-17-7/h6H,3-4,10H2,1-2H3. The first kappa shape index (κ1) is 12.1. The van der Waals surface area contributed by atoms with Crippen molar-refractivity contribution in [3.8, 4) is 10.8 Å². The topological polar surface area (TPSA) is 100.0 Å². The van der Waals surface area contributed by atoms with E-state index in [1.165, 1.54) is 11.5 Å². The summed E-state index contributed by atoms with van der Waals surface area (Å²) in [6.07, 6.45) is 0. The second-order valence-electron chi connectivity index (χ2n) is 3.41. The molecule has 0 spiro atoms. The highest BCUT2D eigenvalue weighted by molar-refractivity contribution is 7.09. The van der Waals surface area contributed by atoms with E-state index in [1.54, 1.807) is 0 Å². The van der Waals surface area contributed by atoms with Crippen molar-refractivity contribution < 1.29 is 9.26 Å². The average Bonchev–Trinajstić information content (AvgIpc) is 2.93. The number of nitrogens with zero attached hydrogens (tertiary/aromatic N) is 4. The van der Waals surface area contributed by atoms with Gasteiger partial charge in [-0.25, -0.2) is 0 Å². The average molecular weight is 255 g/mol. The summed E-state index contributed by atoms with van der Waals surface area (Å²) in [6.45, 7) is 4.72. The van der Waals surface area contributed by atoms with Crippen LogP contribution in [0.25, 0.3) is 10.8 Å². The van der Waals surface area contributed by atoms with E-state index in [1.807, 2.05) is 13.8 Å². The molecule has 1 unspecified atom stereocenters. The number of ether oxygens (including phenoxy) is 1. The summed E-state index contributed by atoms with van der Waals surface area (Å²) in [5.41, 5.74) is 6.62. The molecule has 0 aromatic carbocycles. The zero-order valence-corrected chi connectivity index (χ0v) is 10.4. The summed E-state index contributed by atoms with van der Waals surface area (Å²) in [5.74, 6) is 0.834. The summed E-state index contributed by atoms with van der Waals surface area (Å²) < 4.78 is 14.1. The van der Waals surface area contributed by atoms with E-state index in [2.05, 4.69) is 19.7 Å². The summed E-state index contributed by atoms with van der Waals surface area (Å²) in [7, 11) is 0. The molecule has 0 amide bonds. The molecular weight excluding hydrogens is 242 g/mol. The lowest BCUT2D eigenvalue weighted by molar-refractivity contribution is 0.130. The second kappa shape index (κ2) is 5.30. The first-order valence-corrected chi connectivity index (χ1v) is 5.96. The summed E-state index contributed by atoms with van der Waals surface area (Å²) in [6, 6.07) is -0.381. The molecule has 8 heteroatoms. The van der Waals surface area contributed by atoms with Crippen molar-refractivity contribution in [3.05, 3.63) is 11.5 Å². The van der Waals surface area contributed by atoms with Gasteiger partial charge in [-0.2, -0.15) is 4.98 Å². The van der Waals surface area contributed by atoms with Crippen LogP contribution in [-0.4, -0.2) is 32.9 Å². The van der Waals surface area contributed by atoms with Gasteiger partial charge in [0, 0.05) is 6.61 Å². The van der Waals surface area contributed by atoms with Gasteiger partial charge in [0.15, 0.2) is 5.82 Å². The van der Waals surface area contributed by atoms with Gasteiger partial charge < -0.3 is 15.0 Å². The van der Waals surface area contributed by atoms with Crippen LogP contribution in [0.3, 0.4) is 0 Å². The van der Waals surface area contributed by atoms with Crippen LogP contribution in [-0.2, 0) is 4.74 Å². The molecule has 0 saturated heterocycles. The minimum atomic E-state index is -0.381. The van der Waals surface area contributed by atoms with Gasteiger partial charge in [0.2, 0.25) is 0 Å². The van der Waals surface area contributed by atoms with Crippen molar-refractivity contribution in [1.82, 2.24) is 19.7 Å². The van der Waals surface area contributed by atoms with Crippen molar-refractivity contribution in [2.45, 2.75) is 19.9 Å². The molecule has 17 heavy (non-hydrogen) atoms. The summed E-state index contributed by atoms with van der Waals surface area (Å²) >= 11 is 1.22. The molecule has 0 aliphatic heterocycles. The number of aryl methyl sites for hydroxylation is 1. The quantitative estimate of drug-likeness (QED) is 0.848. The summed E-state index contributed by atoms with van der Waals surface area (Å²) in [5, 5.41) is 7.71. The van der Waals surface area contributed by atoms with Crippen molar-refractivity contribution in [2.75, 3.05) is 13.2 Å². The number of hydrogen-bond donors (Lipinski definition) is 1. The molecule has 2 aromatic heterocycles. The lowest BCUT2D eigenvalue weighted by Crippen LogP contribution is -2.18. The van der Waals surface area contributed by atoms with Crippen LogP contribution < -0.4 is 5.73 Å². The van der Waals surface area contributed by atoms with Crippen LogP contribution in [0.2, 0.25) is 0 Å². The predicted octanol–water partition coefficient (Wildman–Crippen LogP) is 0.933. The molecule has 0 radical (unpaired) electrons. The van der Waals surface area contributed by atoms with Gasteiger partial charge in [0.1, 0.15) is 4.88 Å². The molecule has 0 saturated carbocycles. The van der Waals surface area contributed by atoms with Crippen LogP contribution in [0.1, 0.15) is 24.5 Å². The van der Waals surface area contributed by atoms with E-state index in [0.717, 1.165) is 10.6 Å². The lowest BCUT2D eigenvalue weighted by Gasteiger charge is -2.05. The van der Waals surface area contributed by atoms with Crippen molar-refractivity contribution in [3.63, 3.8) is 0 Å². The third-order valence-corrected chi connectivity index (χ3v) is 2.94. The van der Waals surface area contributed by atoms with Gasteiger partial charge in [-0.15, -0.1) is 5.10 Å². The molecule has 2 aromatic rings. The molecule has 2 rings (SSSR count). The van der Waals surface area contributed by atoms with Crippen LogP contribution in [0, 0.1) is 6.92 Å². The van der Waals surface area contributed by atoms with Crippen molar-refractivity contribution in [1.29, 1.82) is 0 Å². The van der Waals surface area contributed by atoms with Gasteiger partial charge in [0.25, 0.3) is 5.89 Å². The Morgan fingerprint density at radius 2 is 2.35 bits per heavy atom. The molecule has 7 nitrogen and oxygen atoms in total. The maximum atomic E-state index is 5.85. The van der Waals surface area contributed by atoms with E-state index in [0.29, 0.717) is 24.9 Å². The highest BCUT2D eigenvalue weighted by Gasteiger charge is 2.18. The number of aromatic nitrogens is 4. The first-order valence-electron chi connectivity index (χ1n) is 5.18. The van der Waals surface area contributed by atoms with Gasteiger partial charge in [-0.3, -0.25) is 0 Å². The Labute approximate surface area is 102 Å². The predicted molar refractivity (Wildman–Crippen MR) is 61.4 cm³/mol. The normalized spacial score (nSPS) is 12.9. The first-order chi connectivity index (χ1) is 8.22. The Hall–Kier alpha value is -1.38. The SMILES string of the molecule is CCOCC(N)c1noc(-c2snnc2C)n1. The number of nitrogens with two attached hydrogens (primary N) is 1. The largest absolute Gasteiger partial charge is 0.380 e. The molecule has 0 aliphatic carbocycles. The Morgan fingerprint density at radius 1 is 1.53 bits per heavy atom. The maximum absolute atomic E-state index is 5.85. The Kier molecular flexibility index (Phi) is 3.77. The minimum absolute atomic E-state index is 0.370. The van der Waals surface area contributed by atoms with E-state index < -0.39 is 0 Å². The van der Waals surface area contributed by atoms with E-state index >= 15 is 0 Å². The van der Waals surface area contributed by atoms with Gasteiger partial charge in [-0.1, -0.05) is 9.64 Å². The van der Waals surface area contributed by atoms with Crippen molar-refractivity contribution >= 4 is 11.5 Å². The third-order valence-electron chi connectivity index (χ3n) is 2.12. The highest BCUT2D eigenvalue weighted by atomic mass is 32.1. The Bertz CT molecular complexity index is 483. The van der Waals surface area contributed by atoms with Crippen LogP contribution in [0.15, 0.2) is 4.52 Å². The Morgan fingerprint density at radius 3 is 3.00 bits per heavy atom.